The molecule has 17 heavy (non-hydrogen) atoms. The molecular weight excluding hydrogens is 204 g/mol. The van der Waals surface area contributed by atoms with Gasteiger partial charge in [0.05, 0.1) is 0 Å². The van der Waals surface area contributed by atoms with Crippen LogP contribution in [-0.2, 0) is 12.8 Å². The molecule has 0 radical (unpaired) electrons. The zero-order chi connectivity index (χ0) is 12.8. The summed E-state index contributed by atoms with van der Waals surface area (Å²) in [4.78, 5) is 0. The summed E-state index contributed by atoms with van der Waals surface area (Å²) in [7, 11) is 0. The van der Waals surface area contributed by atoms with Crippen molar-refractivity contribution < 1.29 is 0 Å². The van der Waals surface area contributed by atoms with Crippen LogP contribution >= 0.6 is 0 Å². The van der Waals surface area contributed by atoms with Crippen molar-refractivity contribution in [2.45, 2.75) is 19.8 Å². The standard InChI is InChI=1S/C17H20/c1-6-14(4)10-16-8-7-9-17(12-16)11-15(5)13(2)3/h6-9,12H,1-2,4-5,10-11H2,3H3. The highest BCUT2D eigenvalue weighted by Gasteiger charge is 2.00. The van der Waals surface area contributed by atoms with Crippen LogP contribution < -0.4 is 0 Å². The summed E-state index contributed by atoms with van der Waals surface area (Å²) in [6.45, 7) is 17.6. The first kappa shape index (κ1) is 13.2. The van der Waals surface area contributed by atoms with Crippen LogP contribution in [0.15, 0.2) is 73.4 Å². The van der Waals surface area contributed by atoms with E-state index in [0.29, 0.717) is 0 Å². The van der Waals surface area contributed by atoms with Gasteiger partial charge in [0.1, 0.15) is 0 Å². The third kappa shape index (κ3) is 4.28. The summed E-state index contributed by atoms with van der Waals surface area (Å²) in [6.07, 6.45) is 3.53. The van der Waals surface area contributed by atoms with Crippen molar-refractivity contribution in [3.05, 3.63) is 84.5 Å². The fourth-order valence-corrected chi connectivity index (χ4v) is 1.58. The Balaban J connectivity index is 2.79. The molecule has 1 aromatic rings. The van der Waals surface area contributed by atoms with Gasteiger partial charge in [0.2, 0.25) is 0 Å². The van der Waals surface area contributed by atoms with Gasteiger partial charge in [-0.2, -0.15) is 0 Å². The second-order valence-corrected chi connectivity index (χ2v) is 4.42. The summed E-state index contributed by atoms with van der Waals surface area (Å²) in [5.41, 5.74) is 5.71. The van der Waals surface area contributed by atoms with Crippen LogP contribution in [0.5, 0.6) is 0 Å². The molecule has 0 fully saturated rings. The number of hydrogen-bond donors (Lipinski definition) is 0. The van der Waals surface area contributed by atoms with Crippen molar-refractivity contribution in [1.29, 1.82) is 0 Å². The summed E-state index contributed by atoms with van der Waals surface area (Å²) in [6, 6.07) is 8.51. The Kier molecular flexibility index (Phi) is 4.71. The SMILES string of the molecule is C=CC(=C)Cc1cccc(CC(=C)C(=C)C)c1. The number of benzene rings is 1. The average molecular weight is 224 g/mol. The highest BCUT2D eigenvalue weighted by molar-refractivity contribution is 5.34. The van der Waals surface area contributed by atoms with Crippen molar-refractivity contribution >= 4 is 0 Å². The maximum atomic E-state index is 4.02. The van der Waals surface area contributed by atoms with E-state index in [4.69, 9.17) is 0 Å². The fraction of sp³-hybridized carbons (Fsp3) is 0.176. The molecule has 0 aliphatic heterocycles. The molecule has 0 spiro atoms. The first-order valence-electron chi connectivity index (χ1n) is 5.74. The second kappa shape index (κ2) is 6.05. The Morgan fingerprint density at radius 3 is 2.24 bits per heavy atom. The van der Waals surface area contributed by atoms with Gasteiger partial charge in [-0.3, -0.25) is 0 Å². The molecule has 0 N–H and O–H groups in total. The normalized spacial score (nSPS) is 9.71. The molecule has 1 rings (SSSR count). The quantitative estimate of drug-likeness (QED) is 0.617. The lowest BCUT2D eigenvalue weighted by atomic mass is 9.98. The van der Waals surface area contributed by atoms with E-state index in [9.17, 15) is 0 Å². The van der Waals surface area contributed by atoms with Crippen LogP contribution in [0.3, 0.4) is 0 Å². The third-order valence-corrected chi connectivity index (χ3v) is 2.73. The minimum atomic E-state index is 0.858. The van der Waals surface area contributed by atoms with E-state index in [1.165, 1.54) is 11.1 Å². The minimum Gasteiger partial charge on any atom is -0.0988 e. The maximum absolute atomic E-state index is 4.02. The second-order valence-electron chi connectivity index (χ2n) is 4.42. The van der Waals surface area contributed by atoms with Gasteiger partial charge < -0.3 is 0 Å². The lowest BCUT2D eigenvalue weighted by Crippen LogP contribution is -1.93. The summed E-state index contributed by atoms with van der Waals surface area (Å²) >= 11 is 0. The Bertz CT molecular complexity index is 461. The van der Waals surface area contributed by atoms with E-state index >= 15 is 0 Å². The molecule has 0 amide bonds. The number of allylic oxidation sites excluding steroid dienone is 4. The first-order chi connectivity index (χ1) is 8.02. The molecule has 0 heteroatoms. The Hall–Kier alpha value is -1.82. The maximum Gasteiger partial charge on any atom is -0.00291 e. The summed E-state index contributed by atoms with van der Waals surface area (Å²) in [5.74, 6) is 0. The summed E-state index contributed by atoms with van der Waals surface area (Å²) < 4.78 is 0. The van der Waals surface area contributed by atoms with Gasteiger partial charge in [-0.25, -0.2) is 0 Å². The van der Waals surface area contributed by atoms with Gasteiger partial charge in [-0.15, -0.1) is 0 Å². The van der Waals surface area contributed by atoms with Gasteiger partial charge in [0, 0.05) is 0 Å². The minimum absolute atomic E-state index is 0.858. The van der Waals surface area contributed by atoms with Crippen LogP contribution in [-0.4, -0.2) is 0 Å². The monoisotopic (exact) mass is 224 g/mol. The lowest BCUT2D eigenvalue weighted by Gasteiger charge is -2.07. The van der Waals surface area contributed by atoms with Gasteiger partial charge in [0.15, 0.2) is 0 Å². The first-order valence-corrected chi connectivity index (χ1v) is 5.74. The van der Waals surface area contributed by atoms with Crippen LogP contribution in [0, 0.1) is 0 Å². The van der Waals surface area contributed by atoms with Crippen LogP contribution in [0.1, 0.15) is 18.1 Å². The van der Waals surface area contributed by atoms with E-state index in [0.717, 1.165) is 29.6 Å². The lowest BCUT2D eigenvalue weighted by molar-refractivity contribution is 1.13. The highest BCUT2D eigenvalue weighted by Crippen LogP contribution is 2.15. The van der Waals surface area contributed by atoms with Crippen molar-refractivity contribution in [2.24, 2.45) is 0 Å². The molecule has 1 aromatic carbocycles. The smallest absolute Gasteiger partial charge is 0.00291 e. The molecule has 88 valence electrons. The predicted octanol–water partition coefficient (Wildman–Crippen LogP) is 4.65. The van der Waals surface area contributed by atoms with E-state index in [2.05, 4.69) is 50.6 Å². The molecule has 0 heterocycles. The number of hydrogen-bond acceptors (Lipinski definition) is 0. The molecule has 0 atom stereocenters. The Labute approximate surface area is 105 Å². The molecule has 0 bridgehead atoms. The van der Waals surface area contributed by atoms with Gasteiger partial charge in [-0.1, -0.05) is 67.8 Å². The number of rotatable bonds is 6. The van der Waals surface area contributed by atoms with Gasteiger partial charge in [0.25, 0.3) is 0 Å². The Morgan fingerprint density at radius 1 is 1.12 bits per heavy atom. The van der Waals surface area contributed by atoms with Crippen LogP contribution in [0.25, 0.3) is 0 Å². The predicted molar refractivity (Wildman–Crippen MR) is 77.1 cm³/mol. The average Bonchev–Trinajstić information content (AvgIpc) is 2.29. The molecule has 0 unspecified atom stereocenters. The van der Waals surface area contributed by atoms with Crippen LogP contribution in [0.2, 0.25) is 0 Å². The largest absolute Gasteiger partial charge is 0.0988 e. The zero-order valence-corrected chi connectivity index (χ0v) is 10.6. The van der Waals surface area contributed by atoms with Crippen molar-refractivity contribution in [1.82, 2.24) is 0 Å². The van der Waals surface area contributed by atoms with Gasteiger partial charge in [-0.05, 0) is 36.5 Å². The van der Waals surface area contributed by atoms with Crippen molar-refractivity contribution in [3.63, 3.8) is 0 Å². The molecule has 0 aromatic heterocycles. The fourth-order valence-electron chi connectivity index (χ4n) is 1.58. The molecule has 0 aliphatic rings. The van der Waals surface area contributed by atoms with Crippen molar-refractivity contribution in [3.8, 4) is 0 Å². The Morgan fingerprint density at radius 2 is 1.71 bits per heavy atom. The topological polar surface area (TPSA) is 0 Å². The van der Waals surface area contributed by atoms with Crippen molar-refractivity contribution in [2.75, 3.05) is 0 Å². The molecule has 0 saturated carbocycles. The van der Waals surface area contributed by atoms with E-state index < -0.39 is 0 Å². The highest BCUT2D eigenvalue weighted by atomic mass is 14.1. The molecular formula is C17H20. The van der Waals surface area contributed by atoms with Gasteiger partial charge >= 0.3 is 0 Å². The zero-order valence-electron chi connectivity index (χ0n) is 10.6. The van der Waals surface area contributed by atoms with Crippen LogP contribution in [0.4, 0.5) is 0 Å². The third-order valence-electron chi connectivity index (χ3n) is 2.73. The summed E-state index contributed by atoms with van der Waals surface area (Å²) in [5, 5.41) is 0. The molecule has 0 aliphatic carbocycles. The van der Waals surface area contributed by atoms with E-state index in [1.807, 2.05) is 6.92 Å². The molecule has 0 nitrogen and oxygen atoms in total. The van der Waals surface area contributed by atoms with E-state index in [-0.39, 0.29) is 0 Å². The molecule has 0 saturated heterocycles. The van der Waals surface area contributed by atoms with E-state index in [1.54, 1.807) is 6.08 Å².